The molecule has 0 bridgehead atoms. The van der Waals surface area contributed by atoms with Gasteiger partial charge in [0.15, 0.2) is 0 Å². The van der Waals surface area contributed by atoms with E-state index >= 15 is 0 Å². The van der Waals surface area contributed by atoms with Crippen LogP contribution in [0.15, 0.2) is 152 Å². The molecular formula is C42H28. The molecule has 1 unspecified atom stereocenters. The number of hydrogen-bond acceptors (Lipinski definition) is 0. The summed E-state index contributed by atoms with van der Waals surface area (Å²) < 4.78 is 0. The molecule has 9 rings (SSSR count). The predicted molar refractivity (Wildman–Crippen MR) is 179 cm³/mol. The fourth-order valence-electron chi connectivity index (χ4n) is 7.72. The zero-order chi connectivity index (χ0) is 27.8. The number of hydrogen-bond donors (Lipinski definition) is 0. The van der Waals surface area contributed by atoms with Crippen molar-refractivity contribution in [1.29, 1.82) is 0 Å². The molecule has 0 saturated carbocycles. The molecule has 8 aromatic carbocycles. The van der Waals surface area contributed by atoms with E-state index in [1.54, 1.807) is 0 Å². The van der Waals surface area contributed by atoms with Crippen LogP contribution in [0.5, 0.6) is 0 Å². The minimum absolute atomic E-state index is 0.282. The van der Waals surface area contributed by atoms with E-state index in [9.17, 15) is 0 Å². The van der Waals surface area contributed by atoms with Crippen LogP contribution in [0.3, 0.4) is 0 Å². The summed E-state index contributed by atoms with van der Waals surface area (Å²) >= 11 is 0. The normalized spacial score (nSPS) is 15.8. The average molecular weight is 533 g/mol. The van der Waals surface area contributed by atoms with Crippen LogP contribution in [0, 0.1) is 0 Å². The van der Waals surface area contributed by atoms with Crippen LogP contribution >= 0.6 is 0 Å². The maximum absolute atomic E-state index is 2.49. The van der Waals surface area contributed by atoms with Gasteiger partial charge in [-0.05, 0) is 101 Å². The van der Waals surface area contributed by atoms with Crippen molar-refractivity contribution in [2.24, 2.45) is 0 Å². The van der Waals surface area contributed by atoms with E-state index in [0.717, 1.165) is 0 Å². The second kappa shape index (κ2) is 8.65. The van der Waals surface area contributed by atoms with Gasteiger partial charge in [0.1, 0.15) is 0 Å². The lowest BCUT2D eigenvalue weighted by Crippen LogP contribution is -2.22. The number of fused-ring (bicyclic) bond motifs is 9. The minimum atomic E-state index is -0.282. The Kier molecular flexibility index (Phi) is 4.84. The van der Waals surface area contributed by atoms with Crippen molar-refractivity contribution in [2.45, 2.75) is 12.3 Å². The Morgan fingerprint density at radius 3 is 1.83 bits per heavy atom. The summed E-state index contributed by atoms with van der Waals surface area (Å²) in [7, 11) is 0. The Balaban J connectivity index is 1.39. The molecule has 0 aromatic heterocycles. The maximum atomic E-state index is 2.49. The largest absolute Gasteiger partial charge is 0.0622 e. The highest BCUT2D eigenvalue weighted by Gasteiger charge is 2.42. The van der Waals surface area contributed by atoms with Gasteiger partial charge in [0.2, 0.25) is 0 Å². The van der Waals surface area contributed by atoms with Gasteiger partial charge in [-0.3, -0.25) is 0 Å². The van der Waals surface area contributed by atoms with Crippen molar-refractivity contribution in [2.75, 3.05) is 0 Å². The molecule has 0 heterocycles. The standard InChI is InChI=1S/C42H28/c1-42(31-14-3-2-4-15-31)39-26-30(21-22-35(39)37-24-20-28-12-6-10-18-34(28)41(37)42)40-33-17-9-7-13-29(33)25-38-32-16-8-5-11-27(32)19-23-36(38)40/h2-26H,1H3. The van der Waals surface area contributed by atoms with Gasteiger partial charge in [-0.1, -0.05) is 140 Å². The third kappa shape index (κ3) is 3.12. The molecule has 196 valence electrons. The summed E-state index contributed by atoms with van der Waals surface area (Å²) in [6, 6.07) is 56.4. The first-order chi connectivity index (χ1) is 20.7. The Hall–Kier alpha value is -5.20. The van der Waals surface area contributed by atoms with E-state index in [2.05, 4.69) is 159 Å². The Labute approximate surface area is 245 Å². The molecule has 0 N–H and O–H groups in total. The van der Waals surface area contributed by atoms with Crippen LogP contribution < -0.4 is 0 Å². The lowest BCUT2D eigenvalue weighted by Gasteiger charge is -2.30. The highest BCUT2D eigenvalue weighted by Crippen LogP contribution is 2.55. The van der Waals surface area contributed by atoms with E-state index in [-0.39, 0.29) is 5.41 Å². The van der Waals surface area contributed by atoms with Gasteiger partial charge in [-0.25, -0.2) is 0 Å². The molecule has 0 aliphatic heterocycles. The van der Waals surface area contributed by atoms with E-state index in [1.165, 1.54) is 82.0 Å². The SMILES string of the molecule is CC1(c2ccccc2)c2cc(-c3c4ccccc4cc4c3ccc3ccccc34)ccc2-c2ccc3ccccc3c21. The van der Waals surface area contributed by atoms with Crippen LogP contribution in [0.25, 0.3) is 65.3 Å². The van der Waals surface area contributed by atoms with E-state index in [0.29, 0.717) is 0 Å². The summed E-state index contributed by atoms with van der Waals surface area (Å²) in [5.41, 5.74) is 9.09. The zero-order valence-corrected chi connectivity index (χ0v) is 23.4. The molecule has 0 saturated heterocycles. The second-order valence-electron chi connectivity index (χ2n) is 11.8. The first-order valence-corrected chi connectivity index (χ1v) is 14.8. The highest BCUT2D eigenvalue weighted by molar-refractivity contribution is 6.20. The summed E-state index contributed by atoms with van der Waals surface area (Å²) in [6.07, 6.45) is 0. The molecule has 1 aliphatic carbocycles. The molecule has 0 heteroatoms. The van der Waals surface area contributed by atoms with Gasteiger partial charge in [-0.15, -0.1) is 0 Å². The third-order valence-electron chi connectivity index (χ3n) is 9.69. The second-order valence-corrected chi connectivity index (χ2v) is 11.8. The van der Waals surface area contributed by atoms with Crippen molar-refractivity contribution in [3.8, 4) is 22.3 Å². The van der Waals surface area contributed by atoms with Gasteiger partial charge >= 0.3 is 0 Å². The van der Waals surface area contributed by atoms with Crippen molar-refractivity contribution >= 4 is 43.1 Å². The van der Waals surface area contributed by atoms with Crippen LogP contribution in [-0.4, -0.2) is 0 Å². The van der Waals surface area contributed by atoms with E-state index in [4.69, 9.17) is 0 Å². The molecule has 0 amide bonds. The van der Waals surface area contributed by atoms with Crippen LogP contribution in [-0.2, 0) is 5.41 Å². The molecular weight excluding hydrogens is 504 g/mol. The quantitative estimate of drug-likeness (QED) is 0.153. The molecule has 0 spiro atoms. The van der Waals surface area contributed by atoms with Crippen LogP contribution in [0.2, 0.25) is 0 Å². The average Bonchev–Trinajstić information content (AvgIpc) is 3.32. The zero-order valence-electron chi connectivity index (χ0n) is 23.4. The Morgan fingerprint density at radius 2 is 1.02 bits per heavy atom. The van der Waals surface area contributed by atoms with Crippen molar-refractivity contribution < 1.29 is 0 Å². The summed E-state index contributed by atoms with van der Waals surface area (Å²) in [4.78, 5) is 0. The van der Waals surface area contributed by atoms with Gasteiger partial charge in [0.05, 0.1) is 0 Å². The number of benzene rings is 8. The first-order valence-electron chi connectivity index (χ1n) is 14.8. The number of rotatable bonds is 2. The summed E-state index contributed by atoms with van der Waals surface area (Å²) in [6.45, 7) is 2.43. The van der Waals surface area contributed by atoms with Crippen LogP contribution in [0.4, 0.5) is 0 Å². The van der Waals surface area contributed by atoms with Crippen molar-refractivity contribution in [3.63, 3.8) is 0 Å². The topological polar surface area (TPSA) is 0 Å². The molecule has 8 aromatic rings. The molecule has 0 nitrogen and oxygen atoms in total. The first kappa shape index (κ1) is 23.5. The van der Waals surface area contributed by atoms with E-state index in [1.807, 2.05) is 0 Å². The lowest BCUT2D eigenvalue weighted by molar-refractivity contribution is 0.720. The van der Waals surface area contributed by atoms with Crippen molar-refractivity contribution in [1.82, 2.24) is 0 Å². The third-order valence-corrected chi connectivity index (χ3v) is 9.69. The molecule has 0 radical (unpaired) electrons. The Bertz CT molecular complexity index is 2360. The fraction of sp³-hybridized carbons (Fsp3) is 0.0476. The molecule has 0 fully saturated rings. The summed E-state index contributed by atoms with van der Waals surface area (Å²) in [5.74, 6) is 0. The summed E-state index contributed by atoms with van der Waals surface area (Å²) in [5, 5.41) is 10.4. The van der Waals surface area contributed by atoms with E-state index < -0.39 is 0 Å². The van der Waals surface area contributed by atoms with Gasteiger partial charge < -0.3 is 0 Å². The smallest absolute Gasteiger partial charge is 0.0441 e. The minimum Gasteiger partial charge on any atom is -0.0622 e. The van der Waals surface area contributed by atoms with Gasteiger partial charge in [-0.2, -0.15) is 0 Å². The van der Waals surface area contributed by atoms with Crippen LogP contribution in [0.1, 0.15) is 23.6 Å². The predicted octanol–water partition coefficient (Wildman–Crippen LogP) is 11.3. The molecule has 42 heavy (non-hydrogen) atoms. The molecule has 1 aliphatic rings. The monoisotopic (exact) mass is 532 g/mol. The van der Waals surface area contributed by atoms with Gasteiger partial charge in [0, 0.05) is 5.41 Å². The molecule has 1 atom stereocenters. The lowest BCUT2D eigenvalue weighted by atomic mass is 9.72. The van der Waals surface area contributed by atoms with Gasteiger partial charge in [0.25, 0.3) is 0 Å². The maximum Gasteiger partial charge on any atom is 0.0441 e. The fourth-order valence-corrected chi connectivity index (χ4v) is 7.72. The Morgan fingerprint density at radius 1 is 0.405 bits per heavy atom. The van der Waals surface area contributed by atoms with Crippen molar-refractivity contribution in [3.05, 3.63) is 168 Å². The highest BCUT2D eigenvalue weighted by atomic mass is 14.4.